The Kier molecular flexibility index (Phi) is 4.29. The second kappa shape index (κ2) is 6.25. The molecule has 1 saturated carbocycles. The zero-order valence-corrected chi connectivity index (χ0v) is 16.3. The Morgan fingerprint density at radius 3 is 2.54 bits per heavy atom. The average molecular weight is 372 g/mol. The van der Waals surface area contributed by atoms with E-state index in [1.165, 1.54) is 30.3 Å². The summed E-state index contributed by atoms with van der Waals surface area (Å²) in [5.41, 5.74) is -0.631. The number of aromatic nitrogens is 2. The van der Waals surface area contributed by atoms with Crippen LogP contribution in [0.25, 0.3) is 16.6 Å². The van der Waals surface area contributed by atoms with E-state index in [4.69, 9.17) is 9.31 Å². The van der Waals surface area contributed by atoms with Crippen molar-refractivity contribution in [1.82, 2.24) is 9.97 Å². The van der Waals surface area contributed by atoms with Crippen molar-refractivity contribution < 1.29 is 13.7 Å². The van der Waals surface area contributed by atoms with Crippen molar-refractivity contribution in [1.29, 1.82) is 0 Å². The van der Waals surface area contributed by atoms with Crippen LogP contribution >= 0.6 is 11.3 Å². The van der Waals surface area contributed by atoms with Crippen LogP contribution in [0.5, 0.6) is 0 Å². The molecular weight excluding hydrogens is 350 g/mol. The highest BCUT2D eigenvalue weighted by Gasteiger charge is 2.53. The average Bonchev–Trinajstić information content (AvgIpc) is 3.28. The van der Waals surface area contributed by atoms with Gasteiger partial charge in [-0.15, -0.1) is 11.3 Å². The van der Waals surface area contributed by atoms with Gasteiger partial charge in [-0.25, -0.2) is 14.4 Å². The van der Waals surface area contributed by atoms with Crippen LogP contribution in [-0.4, -0.2) is 28.3 Å². The molecule has 1 saturated heterocycles. The Hall–Kier alpha value is -1.57. The van der Waals surface area contributed by atoms with E-state index in [9.17, 15) is 4.39 Å². The molecule has 4 nitrogen and oxygen atoms in total. The van der Waals surface area contributed by atoms with E-state index in [0.29, 0.717) is 5.92 Å². The van der Waals surface area contributed by atoms with Crippen LogP contribution < -0.4 is 0 Å². The van der Waals surface area contributed by atoms with Crippen LogP contribution in [0.2, 0.25) is 0 Å². The molecule has 136 valence electrons. The van der Waals surface area contributed by atoms with Gasteiger partial charge >= 0.3 is 7.12 Å². The molecule has 1 aliphatic heterocycles. The first-order valence-electron chi connectivity index (χ1n) is 8.91. The normalized spacial score (nSPS) is 22.0. The Balaban J connectivity index is 1.53. The van der Waals surface area contributed by atoms with Crippen LogP contribution in [0.4, 0.5) is 4.39 Å². The molecule has 4 rings (SSSR count). The zero-order valence-electron chi connectivity index (χ0n) is 15.5. The van der Waals surface area contributed by atoms with E-state index in [1.54, 1.807) is 6.20 Å². The van der Waals surface area contributed by atoms with Gasteiger partial charge in [0, 0.05) is 17.0 Å². The Bertz CT molecular complexity index is 845. The number of halogens is 1. The van der Waals surface area contributed by atoms with E-state index in [-0.39, 0.29) is 0 Å². The topological polar surface area (TPSA) is 44.2 Å². The molecule has 0 bridgehead atoms. The maximum atomic E-state index is 14.7. The van der Waals surface area contributed by atoms with Gasteiger partial charge in [0.1, 0.15) is 11.6 Å². The summed E-state index contributed by atoms with van der Waals surface area (Å²) in [7, 11) is -0.967. The van der Waals surface area contributed by atoms with Crippen LogP contribution in [0, 0.1) is 0 Å². The predicted octanol–water partition coefficient (Wildman–Crippen LogP) is 5.02. The lowest BCUT2D eigenvalue weighted by atomic mass is 9.87. The summed E-state index contributed by atoms with van der Waals surface area (Å²) < 4.78 is 26.2. The van der Waals surface area contributed by atoms with Crippen molar-refractivity contribution >= 4 is 24.5 Å². The Morgan fingerprint density at radius 1 is 1.19 bits per heavy atom. The smallest absolute Gasteiger partial charge is 0.398 e. The zero-order chi connectivity index (χ0) is 18.5. The summed E-state index contributed by atoms with van der Waals surface area (Å²) in [5, 5.41) is 0. The Morgan fingerprint density at radius 2 is 1.88 bits per heavy atom. The van der Waals surface area contributed by atoms with Gasteiger partial charge in [0.2, 0.25) is 0 Å². The van der Waals surface area contributed by atoms with Crippen LogP contribution in [-0.2, 0) is 9.31 Å². The minimum Gasteiger partial charge on any atom is -0.398 e. The predicted molar refractivity (Wildman–Crippen MR) is 102 cm³/mol. The van der Waals surface area contributed by atoms with Gasteiger partial charge in [0.05, 0.1) is 21.8 Å². The maximum Gasteiger partial charge on any atom is 0.525 e. The van der Waals surface area contributed by atoms with E-state index in [0.717, 1.165) is 21.3 Å². The molecule has 0 spiro atoms. The number of hydrogen-bond donors (Lipinski definition) is 0. The molecule has 0 atom stereocenters. The molecule has 0 aromatic carbocycles. The standard InChI is InChI=1S/C19H22BFN2O2S/c1-18(2)19(3,4)25-20(24-18)16(21)11-13-7-8-15(26-13)14-9-10-22-17(23-14)12-5-6-12/h7-12H,5-6H2,1-4H3. The van der Waals surface area contributed by atoms with Gasteiger partial charge in [0.25, 0.3) is 0 Å². The molecule has 0 unspecified atom stereocenters. The van der Waals surface area contributed by atoms with Gasteiger partial charge in [-0.2, -0.15) is 0 Å². The van der Waals surface area contributed by atoms with Crippen LogP contribution in [0.1, 0.15) is 57.2 Å². The molecule has 26 heavy (non-hydrogen) atoms. The fourth-order valence-corrected chi connectivity index (χ4v) is 3.69. The molecule has 2 fully saturated rings. The monoisotopic (exact) mass is 372 g/mol. The molecule has 1 aliphatic carbocycles. The lowest BCUT2D eigenvalue weighted by molar-refractivity contribution is 0.00578. The molecule has 0 amide bonds. The maximum absolute atomic E-state index is 14.7. The summed E-state index contributed by atoms with van der Waals surface area (Å²) in [6.07, 6.45) is 5.62. The van der Waals surface area contributed by atoms with Crippen molar-refractivity contribution in [2.45, 2.75) is 57.7 Å². The third kappa shape index (κ3) is 3.35. The quantitative estimate of drug-likeness (QED) is 0.707. The highest BCUT2D eigenvalue weighted by Crippen LogP contribution is 2.40. The second-order valence-corrected chi connectivity index (χ2v) is 9.01. The van der Waals surface area contributed by atoms with E-state index >= 15 is 0 Å². The number of rotatable bonds is 4. The van der Waals surface area contributed by atoms with Gasteiger partial charge in [-0.05, 0) is 64.8 Å². The highest BCUT2D eigenvalue weighted by molar-refractivity contribution is 7.16. The molecule has 2 aromatic heterocycles. The lowest BCUT2D eigenvalue weighted by Gasteiger charge is -2.32. The van der Waals surface area contributed by atoms with Gasteiger partial charge in [-0.3, -0.25) is 0 Å². The van der Waals surface area contributed by atoms with Gasteiger partial charge in [0.15, 0.2) is 0 Å². The molecule has 0 radical (unpaired) electrons. The lowest BCUT2D eigenvalue weighted by Crippen LogP contribution is -2.41. The summed E-state index contributed by atoms with van der Waals surface area (Å²) in [6.45, 7) is 7.65. The van der Waals surface area contributed by atoms with Gasteiger partial charge in [-0.1, -0.05) is 0 Å². The fraction of sp³-hybridized carbons (Fsp3) is 0.474. The fourth-order valence-electron chi connectivity index (χ4n) is 2.78. The first-order chi connectivity index (χ1) is 12.2. The van der Waals surface area contributed by atoms with Crippen molar-refractivity contribution in [2.75, 3.05) is 0 Å². The van der Waals surface area contributed by atoms with Crippen molar-refractivity contribution in [3.05, 3.63) is 40.8 Å². The SMILES string of the molecule is CC1(C)OB(C(F)=Cc2ccc(-c3ccnc(C4CC4)n3)s2)OC1(C)C. The van der Waals surface area contributed by atoms with E-state index in [1.807, 2.05) is 45.9 Å². The van der Waals surface area contributed by atoms with Crippen molar-refractivity contribution in [3.8, 4) is 10.6 Å². The first kappa shape index (κ1) is 17.8. The summed E-state index contributed by atoms with van der Waals surface area (Å²) in [5.74, 6) is 1.42. The molecule has 3 heterocycles. The largest absolute Gasteiger partial charge is 0.525 e. The minimum atomic E-state index is -0.967. The third-order valence-electron chi connectivity index (χ3n) is 5.25. The van der Waals surface area contributed by atoms with Crippen LogP contribution in [0.15, 0.2) is 30.1 Å². The van der Waals surface area contributed by atoms with E-state index < -0.39 is 24.0 Å². The molecule has 2 aromatic rings. The molecule has 0 N–H and O–H groups in total. The molecule has 2 aliphatic rings. The van der Waals surface area contributed by atoms with Crippen LogP contribution in [0.3, 0.4) is 0 Å². The third-order valence-corrected chi connectivity index (χ3v) is 6.31. The summed E-state index contributed by atoms with van der Waals surface area (Å²) in [4.78, 5) is 10.8. The number of thiophene rings is 1. The number of nitrogens with zero attached hydrogens (tertiary/aromatic N) is 2. The summed E-state index contributed by atoms with van der Waals surface area (Å²) >= 11 is 1.50. The van der Waals surface area contributed by atoms with Crippen molar-refractivity contribution in [2.24, 2.45) is 0 Å². The van der Waals surface area contributed by atoms with Gasteiger partial charge < -0.3 is 9.31 Å². The van der Waals surface area contributed by atoms with Crippen molar-refractivity contribution in [3.63, 3.8) is 0 Å². The molecule has 7 heteroatoms. The molecular formula is C19H22BFN2O2S. The second-order valence-electron chi connectivity index (χ2n) is 7.89. The Labute approximate surface area is 157 Å². The minimum absolute atomic E-state index is 0.418. The highest BCUT2D eigenvalue weighted by atomic mass is 32.1. The first-order valence-corrected chi connectivity index (χ1v) is 9.73. The van der Waals surface area contributed by atoms with E-state index in [2.05, 4.69) is 9.97 Å². The summed E-state index contributed by atoms with van der Waals surface area (Å²) in [6, 6.07) is 5.76. The number of hydrogen-bond acceptors (Lipinski definition) is 5.